The van der Waals surface area contributed by atoms with Gasteiger partial charge in [0.25, 0.3) is 0 Å². The molecular formula is C12H27NO. The summed E-state index contributed by atoms with van der Waals surface area (Å²) in [6, 6.07) is 0.661. The fourth-order valence-electron chi connectivity index (χ4n) is 1.50. The number of ether oxygens (including phenoxy) is 1. The van der Waals surface area contributed by atoms with E-state index in [9.17, 15) is 0 Å². The van der Waals surface area contributed by atoms with Crippen molar-refractivity contribution >= 4 is 0 Å². The van der Waals surface area contributed by atoms with Crippen LogP contribution in [0.25, 0.3) is 0 Å². The molecule has 0 aromatic carbocycles. The van der Waals surface area contributed by atoms with Crippen LogP contribution in [0.3, 0.4) is 0 Å². The van der Waals surface area contributed by atoms with Gasteiger partial charge in [0.1, 0.15) is 0 Å². The molecule has 0 saturated heterocycles. The minimum atomic E-state index is 0.369. The maximum absolute atomic E-state index is 5.52. The van der Waals surface area contributed by atoms with Crippen LogP contribution >= 0.6 is 0 Å². The van der Waals surface area contributed by atoms with Crippen molar-refractivity contribution in [3.63, 3.8) is 0 Å². The molecule has 2 nitrogen and oxygen atoms in total. The maximum atomic E-state index is 5.52. The molecule has 0 spiro atoms. The van der Waals surface area contributed by atoms with E-state index in [2.05, 4.69) is 39.5 Å². The van der Waals surface area contributed by atoms with E-state index in [0.29, 0.717) is 12.1 Å². The molecule has 0 aromatic heterocycles. The summed E-state index contributed by atoms with van der Waals surface area (Å²) in [5.74, 6) is 0. The molecule has 0 aromatic rings. The van der Waals surface area contributed by atoms with Crippen LogP contribution in [0.5, 0.6) is 0 Å². The summed E-state index contributed by atoms with van der Waals surface area (Å²) in [7, 11) is 0. The van der Waals surface area contributed by atoms with Crippen LogP contribution in [0.1, 0.15) is 47.5 Å². The third-order valence-electron chi connectivity index (χ3n) is 2.28. The molecule has 2 heteroatoms. The molecule has 0 aliphatic heterocycles. The van der Waals surface area contributed by atoms with Gasteiger partial charge in [0.15, 0.2) is 0 Å². The second-order valence-electron chi connectivity index (χ2n) is 4.40. The zero-order valence-electron chi connectivity index (χ0n) is 10.5. The number of hydrogen-bond acceptors (Lipinski definition) is 2. The Kier molecular flexibility index (Phi) is 8.20. The Bertz CT molecular complexity index is 123. The van der Waals surface area contributed by atoms with Gasteiger partial charge in [0.05, 0.1) is 6.10 Å². The number of hydrogen-bond donors (Lipinski definition) is 0. The summed E-state index contributed by atoms with van der Waals surface area (Å²) in [6.07, 6.45) is 2.76. The summed E-state index contributed by atoms with van der Waals surface area (Å²) in [5, 5.41) is 0. The highest BCUT2D eigenvalue weighted by Crippen LogP contribution is 2.01. The van der Waals surface area contributed by atoms with Crippen LogP contribution in [-0.4, -0.2) is 36.7 Å². The Morgan fingerprint density at radius 2 is 1.71 bits per heavy atom. The second-order valence-corrected chi connectivity index (χ2v) is 4.40. The summed E-state index contributed by atoms with van der Waals surface area (Å²) in [6.45, 7) is 14.2. The molecule has 0 heterocycles. The molecule has 0 N–H and O–H groups in total. The minimum Gasteiger partial charge on any atom is -0.379 e. The molecule has 0 unspecified atom stereocenters. The fraction of sp³-hybridized carbons (Fsp3) is 1.00. The number of rotatable bonds is 8. The Hall–Kier alpha value is -0.0800. The van der Waals surface area contributed by atoms with Gasteiger partial charge in [-0.15, -0.1) is 0 Å². The van der Waals surface area contributed by atoms with Gasteiger partial charge in [0, 0.05) is 19.2 Å². The highest BCUT2D eigenvalue weighted by atomic mass is 16.5. The molecule has 0 aliphatic carbocycles. The lowest BCUT2D eigenvalue weighted by Crippen LogP contribution is -2.33. The van der Waals surface area contributed by atoms with Gasteiger partial charge in [-0.25, -0.2) is 0 Å². The summed E-state index contributed by atoms with van der Waals surface area (Å²) in [5.41, 5.74) is 0. The standard InChI is InChI=1S/C12H27NO/c1-6-8-13(11(2)3)9-7-10-14-12(4)5/h11-12H,6-10H2,1-5H3. The van der Waals surface area contributed by atoms with Crippen LogP contribution in [-0.2, 0) is 4.74 Å². The van der Waals surface area contributed by atoms with Gasteiger partial charge in [-0.1, -0.05) is 6.92 Å². The number of nitrogens with zero attached hydrogens (tertiary/aromatic N) is 1. The van der Waals surface area contributed by atoms with E-state index < -0.39 is 0 Å². The van der Waals surface area contributed by atoms with Crippen molar-refractivity contribution in [3.8, 4) is 0 Å². The van der Waals surface area contributed by atoms with Crippen molar-refractivity contribution < 1.29 is 4.74 Å². The Morgan fingerprint density at radius 3 is 2.14 bits per heavy atom. The van der Waals surface area contributed by atoms with Crippen LogP contribution in [0, 0.1) is 0 Å². The van der Waals surface area contributed by atoms with E-state index in [-0.39, 0.29) is 0 Å². The van der Waals surface area contributed by atoms with Gasteiger partial charge in [0.2, 0.25) is 0 Å². The van der Waals surface area contributed by atoms with E-state index >= 15 is 0 Å². The van der Waals surface area contributed by atoms with Crippen molar-refractivity contribution in [3.05, 3.63) is 0 Å². The predicted octanol–water partition coefficient (Wildman–Crippen LogP) is 2.92. The first-order valence-corrected chi connectivity index (χ1v) is 5.93. The molecule has 0 radical (unpaired) electrons. The third-order valence-corrected chi connectivity index (χ3v) is 2.28. The highest BCUT2D eigenvalue weighted by Gasteiger charge is 2.07. The third kappa shape index (κ3) is 7.34. The monoisotopic (exact) mass is 201 g/mol. The highest BCUT2D eigenvalue weighted by molar-refractivity contribution is 4.61. The van der Waals surface area contributed by atoms with Crippen molar-refractivity contribution in [1.29, 1.82) is 0 Å². The van der Waals surface area contributed by atoms with E-state index in [4.69, 9.17) is 4.74 Å². The minimum absolute atomic E-state index is 0.369. The van der Waals surface area contributed by atoms with Crippen molar-refractivity contribution in [2.75, 3.05) is 19.7 Å². The van der Waals surface area contributed by atoms with E-state index in [1.807, 2.05) is 0 Å². The average Bonchev–Trinajstić information content (AvgIpc) is 2.09. The largest absolute Gasteiger partial charge is 0.379 e. The van der Waals surface area contributed by atoms with Gasteiger partial charge >= 0.3 is 0 Å². The first kappa shape index (κ1) is 13.9. The van der Waals surface area contributed by atoms with Crippen LogP contribution in [0.4, 0.5) is 0 Å². The van der Waals surface area contributed by atoms with Crippen LogP contribution in [0.2, 0.25) is 0 Å². The van der Waals surface area contributed by atoms with Crippen molar-refractivity contribution in [2.24, 2.45) is 0 Å². The topological polar surface area (TPSA) is 12.5 Å². The Labute approximate surface area is 89.6 Å². The molecule has 0 fully saturated rings. The normalized spacial score (nSPS) is 12.0. The van der Waals surface area contributed by atoms with E-state index in [1.54, 1.807) is 0 Å². The van der Waals surface area contributed by atoms with E-state index in [0.717, 1.165) is 19.6 Å². The van der Waals surface area contributed by atoms with Crippen LogP contribution < -0.4 is 0 Å². The molecule has 0 bridgehead atoms. The second kappa shape index (κ2) is 8.25. The zero-order valence-corrected chi connectivity index (χ0v) is 10.5. The van der Waals surface area contributed by atoms with E-state index in [1.165, 1.54) is 13.0 Å². The van der Waals surface area contributed by atoms with Gasteiger partial charge < -0.3 is 9.64 Å². The van der Waals surface area contributed by atoms with Gasteiger partial charge in [-0.05, 0) is 47.1 Å². The summed E-state index contributed by atoms with van der Waals surface area (Å²) in [4.78, 5) is 2.52. The summed E-state index contributed by atoms with van der Waals surface area (Å²) >= 11 is 0. The van der Waals surface area contributed by atoms with Gasteiger partial charge in [-0.3, -0.25) is 0 Å². The fourth-order valence-corrected chi connectivity index (χ4v) is 1.50. The molecule has 86 valence electrons. The SMILES string of the molecule is CCCN(CCCOC(C)C)C(C)C. The smallest absolute Gasteiger partial charge is 0.0518 e. The molecule has 0 aliphatic rings. The lowest BCUT2D eigenvalue weighted by molar-refractivity contribution is 0.0680. The summed E-state index contributed by atoms with van der Waals surface area (Å²) < 4.78 is 5.52. The maximum Gasteiger partial charge on any atom is 0.0518 e. The molecule has 14 heavy (non-hydrogen) atoms. The molecule has 0 rings (SSSR count). The average molecular weight is 201 g/mol. The molecular weight excluding hydrogens is 174 g/mol. The lowest BCUT2D eigenvalue weighted by atomic mass is 10.2. The lowest BCUT2D eigenvalue weighted by Gasteiger charge is -2.25. The first-order valence-electron chi connectivity index (χ1n) is 5.93. The zero-order chi connectivity index (χ0) is 11.0. The molecule has 0 atom stereocenters. The Balaban J connectivity index is 3.50. The quantitative estimate of drug-likeness (QED) is 0.560. The molecule has 0 amide bonds. The van der Waals surface area contributed by atoms with Gasteiger partial charge in [-0.2, -0.15) is 0 Å². The van der Waals surface area contributed by atoms with Crippen molar-refractivity contribution in [1.82, 2.24) is 4.90 Å². The van der Waals surface area contributed by atoms with Crippen LogP contribution in [0.15, 0.2) is 0 Å². The van der Waals surface area contributed by atoms with Crippen molar-refractivity contribution in [2.45, 2.75) is 59.6 Å². The predicted molar refractivity (Wildman–Crippen MR) is 62.7 cm³/mol. The Morgan fingerprint density at radius 1 is 1.07 bits per heavy atom. The first-order chi connectivity index (χ1) is 6.57. The molecule has 0 saturated carbocycles.